The third-order valence-electron chi connectivity index (χ3n) is 3.54. The quantitative estimate of drug-likeness (QED) is 0.796. The molecule has 0 aliphatic heterocycles. The summed E-state index contributed by atoms with van der Waals surface area (Å²) in [6, 6.07) is 6.15. The van der Waals surface area contributed by atoms with Gasteiger partial charge in [0.1, 0.15) is 0 Å². The maximum atomic E-state index is 6.12. The summed E-state index contributed by atoms with van der Waals surface area (Å²) in [5, 5.41) is 0.863. The molecule has 0 amide bonds. The number of rotatable bonds is 2. The van der Waals surface area contributed by atoms with Crippen molar-refractivity contribution in [2.24, 2.45) is 5.73 Å². The Morgan fingerprint density at radius 2 is 2.14 bits per heavy atom. The summed E-state index contributed by atoms with van der Waals surface area (Å²) in [6.45, 7) is 2.83. The van der Waals surface area contributed by atoms with Crippen molar-refractivity contribution in [3.63, 3.8) is 0 Å². The van der Waals surface area contributed by atoms with Crippen LogP contribution < -0.4 is 5.73 Å². The number of hydrogen-bond donors (Lipinski definition) is 1. The van der Waals surface area contributed by atoms with Crippen molar-refractivity contribution in [1.29, 1.82) is 0 Å². The first-order valence-corrected chi connectivity index (χ1v) is 5.53. The Bertz CT molecular complexity index is 337. The molecule has 2 heteroatoms. The largest absolute Gasteiger partial charge is 0.330 e. The molecule has 0 heterocycles. The molecular formula is C12H16ClN. The fourth-order valence-corrected chi connectivity index (χ4v) is 2.54. The third kappa shape index (κ3) is 1.35. The van der Waals surface area contributed by atoms with E-state index in [9.17, 15) is 0 Å². The molecule has 1 aliphatic carbocycles. The monoisotopic (exact) mass is 209 g/mol. The Labute approximate surface area is 90.3 Å². The normalized spacial score (nSPS) is 19.1. The Kier molecular flexibility index (Phi) is 2.54. The van der Waals surface area contributed by atoms with Gasteiger partial charge in [0, 0.05) is 17.0 Å². The van der Waals surface area contributed by atoms with E-state index >= 15 is 0 Å². The van der Waals surface area contributed by atoms with Gasteiger partial charge >= 0.3 is 0 Å². The Hall–Kier alpha value is -0.530. The fraction of sp³-hybridized carbons (Fsp3) is 0.500. The van der Waals surface area contributed by atoms with E-state index in [2.05, 4.69) is 13.0 Å². The van der Waals surface area contributed by atoms with E-state index < -0.39 is 0 Å². The Morgan fingerprint density at radius 1 is 1.43 bits per heavy atom. The van der Waals surface area contributed by atoms with Crippen LogP contribution in [0.3, 0.4) is 0 Å². The molecule has 1 fully saturated rings. The van der Waals surface area contributed by atoms with Crippen LogP contribution in [0, 0.1) is 6.92 Å². The number of nitrogens with two attached hydrogens (primary N) is 1. The highest BCUT2D eigenvalue weighted by Gasteiger charge is 2.38. The summed E-state index contributed by atoms with van der Waals surface area (Å²) in [4.78, 5) is 0. The van der Waals surface area contributed by atoms with Gasteiger partial charge in [-0.1, -0.05) is 30.2 Å². The van der Waals surface area contributed by atoms with E-state index in [-0.39, 0.29) is 5.41 Å². The van der Waals surface area contributed by atoms with Gasteiger partial charge in [0.15, 0.2) is 0 Å². The van der Waals surface area contributed by atoms with Crippen LogP contribution in [-0.4, -0.2) is 6.54 Å². The molecule has 0 unspecified atom stereocenters. The Morgan fingerprint density at radius 3 is 2.64 bits per heavy atom. The molecule has 1 aliphatic rings. The number of hydrogen-bond acceptors (Lipinski definition) is 1. The highest BCUT2D eigenvalue weighted by molar-refractivity contribution is 6.31. The predicted molar refractivity (Wildman–Crippen MR) is 60.8 cm³/mol. The highest BCUT2D eigenvalue weighted by atomic mass is 35.5. The van der Waals surface area contributed by atoms with E-state index in [0.29, 0.717) is 0 Å². The van der Waals surface area contributed by atoms with Crippen molar-refractivity contribution in [2.75, 3.05) is 6.54 Å². The van der Waals surface area contributed by atoms with Crippen molar-refractivity contribution in [3.8, 4) is 0 Å². The zero-order valence-electron chi connectivity index (χ0n) is 8.52. The van der Waals surface area contributed by atoms with Crippen LogP contribution >= 0.6 is 11.6 Å². The second-order valence-electron chi connectivity index (χ2n) is 4.25. The van der Waals surface area contributed by atoms with Gasteiger partial charge in [-0.05, 0) is 37.0 Å². The molecule has 2 N–H and O–H groups in total. The second-order valence-corrected chi connectivity index (χ2v) is 4.66. The van der Waals surface area contributed by atoms with Gasteiger partial charge in [0.05, 0.1) is 0 Å². The molecule has 2 rings (SSSR count). The maximum Gasteiger partial charge on any atom is 0.0438 e. The first-order chi connectivity index (χ1) is 6.69. The predicted octanol–water partition coefficient (Wildman–Crippen LogP) is 3.03. The van der Waals surface area contributed by atoms with Gasteiger partial charge in [-0.25, -0.2) is 0 Å². The number of benzene rings is 1. The van der Waals surface area contributed by atoms with Gasteiger partial charge in [-0.15, -0.1) is 0 Å². The van der Waals surface area contributed by atoms with E-state index in [4.69, 9.17) is 17.3 Å². The van der Waals surface area contributed by atoms with Crippen LogP contribution in [0.5, 0.6) is 0 Å². The number of halogens is 1. The van der Waals surface area contributed by atoms with Crippen molar-refractivity contribution in [3.05, 3.63) is 34.3 Å². The van der Waals surface area contributed by atoms with Gasteiger partial charge in [-0.3, -0.25) is 0 Å². The minimum absolute atomic E-state index is 0.231. The molecule has 1 nitrogen and oxygen atoms in total. The molecule has 0 spiro atoms. The van der Waals surface area contributed by atoms with Crippen molar-refractivity contribution >= 4 is 11.6 Å². The minimum Gasteiger partial charge on any atom is -0.330 e. The van der Waals surface area contributed by atoms with Crippen LogP contribution in [0.4, 0.5) is 0 Å². The van der Waals surface area contributed by atoms with E-state index in [0.717, 1.165) is 11.6 Å². The molecule has 1 aromatic carbocycles. The molecule has 1 saturated carbocycles. The molecule has 0 atom stereocenters. The summed E-state index contributed by atoms with van der Waals surface area (Å²) >= 11 is 6.12. The van der Waals surface area contributed by atoms with E-state index in [1.807, 2.05) is 12.1 Å². The van der Waals surface area contributed by atoms with Crippen LogP contribution in [-0.2, 0) is 5.41 Å². The standard InChI is InChI=1S/C12H16ClN/c1-9-10(4-2-5-11(9)13)12(8-14)6-3-7-12/h2,4-5H,3,6-8,14H2,1H3. The van der Waals surface area contributed by atoms with Gasteiger partial charge in [-0.2, -0.15) is 0 Å². The Balaban J connectivity index is 2.45. The smallest absolute Gasteiger partial charge is 0.0438 e. The summed E-state index contributed by atoms with van der Waals surface area (Å²) in [5.74, 6) is 0. The lowest BCUT2D eigenvalue weighted by Crippen LogP contribution is -2.42. The van der Waals surface area contributed by atoms with Crippen molar-refractivity contribution in [2.45, 2.75) is 31.6 Å². The van der Waals surface area contributed by atoms with Crippen LogP contribution in [0.25, 0.3) is 0 Å². The van der Waals surface area contributed by atoms with Crippen LogP contribution in [0.15, 0.2) is 18.2 Å². The van der Waals surface area contributed by atoms with Gasteiger partial charge in [0.2, 0.25) is 0 Å². The van der Waals surface area contributed by atoms with Crippen LogP contribution in [0.1, 0.15) is 30.4 Å². The first-order valence-electron chi connectivity index (χ1n) is 5.15. The zero-order chi connectivity index (χ0) is 10.2. The summed E-state index contributed by atoms with van der Waals surface area (Å²) in [7, 11) is 0. The minimum atomic E-state index is 0.231. The van der Waals surface area contributed by atoms with Crippen molar-refractivity contribution in [1.82, 2.24) is 0 Å². The molecule has 76 valence electrons. The second kappa shape index (κ2) is 3.56. The fourth-order valence-electron chi connectivity index (χ4n) is 2.37. The molecule has 0 radical (unpaired) electrons. The molecule has 0 bridgehead atoms. The zero-order valence-corrected chi connectivity index (χ0v) is 9.27. The molecule has 1 aromatic rings. The lowest BCUT2D eigenvalue weighted by Gasteiger charge is -2.42. The highest BCUT2D eigenvalue weighted by Crippen LogP contribution is 2.44. The lowest BCUT2D eigenvalue weighted by molar-refractivity contribution is 0.252. The molecule has 0 saturated heterocycles. The van der Waals surface area contributed by atoms with Gasteiger partial charge in [0.25, 0.3) is 0 Å². The van der Waals surface area contributed by atoms with Gasteiger partial charge < -0.3 is 5.73 Å². The van der Waals surface area contributed by atoms with Crippen molar-refractivity contribution < 1.29 is 0 Å². The summed E-state index contributed by atoms with van der Waals surface area (Å²) in [6.07, 6.45) is 3.72. The molecule has 0 aromatic heterocycles. The molecule has 14 heavy (non-hydrogen) atoms. The average Bonchev–Trinajstić information content (AvgIpc) is 2.11. The summed E-state index contributed by atoms with van der Waals surface area (Å²) < 4.78 is 0. The lowest BCUT2D eigenvalue weighted by atomic mass is 9.63. The first kappa shape index (κ1) is 10.0. The third-order valence-corrected chi connectivity index (χ3v) is 3.95. The van der Waals surface area contributed by atoms with Crippen LogP contribution in [0.2, 0.25) is 5.02 Å². The SMILES string of the molecule is Cc1c(Cl)cccc1C1(CN)CCC1. The maximum absolute atomic E-state index is 6.12. The topological polar surface area (TPSA) is 26.0 Å². The molecular weight excluding hydrogens is 194 g/mol. The van der Waals surface area contributed by atoms with E-state index in [1.165, 1.54) is 30.4 Å². The summed E-state index contributed by atoms with van der Waals surface area (Å²) in [5.41, 5.74) is 8.68. The van der Waals surface area contributed by atoms with E-state index in [1.54, 1.807) is 0 Å². The average molecular weight is 210 g/mol.